The van der Waals surface area contributed by atoms with Crippen molar-refractivity contribution in [3.63, 3.8) is 0 Å². The molecule has 0 N–H and O–H groups in total. The molecule has 2 aromatic carbocycles. The van der Waals surface area contributed by atoms with Crippen LogP contribution in [0.4, 0.5) is 0 Å². The number of amides is 1. The molecule has 0 aromatic heterocycles. The molecule has 30 heavy (non-hydrogen) atoms. The SMILES string of the molecule is CCN1C(=O)/C(=C/c2cc(Br)c(OCCOc3ccc(C)cc3)c(OC)c2)SC1=S. The fraction of sp³-hybridized carbons (Fsp3) is 0.273. The Kier molecular flexibility index (Phi) is 7.80. The first-order valence-electron chi connectivity index (χ1n) is 9.38. The van der Waals surface area contributed by atoms with Crippen LogP contribution in [0.25, 0.3) is 6.08 Å². The summed E-state index contributed by atoms with van der Waals surface area (Å²) in [4.78, 5) is 14.6. The predicted octanol–water partition coefficient (Wildman–Crippen LogP) is 5.45. The third-order valence-electron chi connectivity index (χ3n) is 4.36. The maximum absolute atomic E-state index is 12.4. The van der Waals surface area contributed by atoms with Crippen LogP contribution in [0.15, 0.2) is 45.8 Å². The zero-order valence-electron chi connectivity index (χ0n) is 16.9. The molecule has 0 radical (unpaired) electrons. The topological polar surface area (TPSA) is 48.0 Å². The summed E-state index contributed by atoms with van der Waals surface area (Å²) in [5.41, 5.74) is 2.00. The average Bonchev–Trinajstić information content (AvgIpc) is 2.99. The Bertz CT molecular complexity index is 976. The van der Waals surface area contributed by atoms with Gasteiger partial charge in [0.15, 0.2) is 11.5 Å². The first-order valence-corrected chi connectivity index (χ1v) is 11.4. The van der Waals surface area contributed by atoms with Gasteiger partial charge in [-0.15, -0.1) is 0 Å². The van der Waals surface area contributed by atoms with Gasteiger partial charge >= 0.3 is 0 Å². The molecule has 1 amide bonds. The highest BCUT2D eigenvalue weighted by Gasteiger charge is 2.30. The molecule has 8 heteroatoms. The van der Waals surface area contributed by atoms with E-state index in [1.165, 1.54) is 17.3 Å². The largest absolute Gasteiger partial charge is 0.493 e. The maximum atomic E-state index is 12.4. The van der Waals surface area contributed by atoms with Crippen LogP contribution < -0.4 is 14.2 Å². The van der Waals surface area contributed by atoms with Gasteiger partial charge in [-0.05, 0) is 65.7 Å². The Hall–Kier alpha value is -2.03. The lowest BCUT2D eigenvalue weighted by Crippen LogP contribution is -2.27. The number of thioether (sulfide) groups is 1. The van der Waals surface area contributed by atoms with Crippen molar-refractivity contribution in [1.82, 2.24) is 4.90 Å². The van der Waals surface area contributed by atoms with Gasteiger partial charge in [0.25, 0.3) is 5.91 Å². The van der Waals surface area contributed by atoms with Crippen LogP contribution in [-0.4, -0.2) is 42.0 Å². The molecule has 1 fully saturated rings. The molecule has 1 saturated heterocycles. The summed E-state index contributed by atoms with van der Waals surface area (Å²) < 4.78 is 18.4. The Morgan fingerprint density at radius 3 is 2.50 bits per heavy atom. The number of nitrogens with zero attached hydrogens (tertiary/aromatic N) is 1. The second-order valence-corrected chi connectivity index (χ2v) is 9.00. The van der Waals surface area contributed by atoms with Gasteiger partial charge in [-0.3, -0.25) is 9.69 Å². The summed E-state index contributed by atoms with van der Waals surface area (Å²) in [6.07, 6.45) is 1.81. The number of hydrogen-bond donors (Lipinski definition) is 0. The highest BCUT2D eigenvalue weighted by Crippen LogP contribution is 2.39. The Balaban J connectivity index is 1.68. The van der Waals surface area contributed by atoms with Crippen molar-refractivity contribution >= 4 is 56.2 Å². The van der Waals surface area contributed by atoms with Crippen molar-refractivity contribution in [2.24, 2.45) is 0 Å². The molecule has 0 atom stereocenters. The highest BCUT2D eigenvalue weighted by atomic mass is 79.9. The summed E-state index contributed by atoms with van der Waals surface area (Å²) in [5.74, 6) is 1.88. The van der Waals surface area contributed by atoms with Crippen LogP contribution in [0.2, 0.25) is 0 Å². The monoisotopic (exact) mass is 507 g/mol. The maximum Gasteiger partial charge on any atom is 0.266 e. The Morgan fingerprint density at radius 1 is 1.17 bits per heavy atom. The highest BCUT2D eigenvalue weighted by molar-refractivity contribution is 9.10. The van der Waals surface area contributed by atoms with Crippen LogP contribution >= 0.6 is 39.9 Å². The van der Waals surface area contributed by atoms with Crippen LogP contribution in [0.3, 0.4) is 0 Å². The summed E-state index contributed by atoms with van der Waals surface area (Å²) in [7, 11) is 1.58. The minimum absolute atomic E-state index is 0.0730. The molecule has 2 aromatic rings. The number of ether oxygens (including phenoxy) is 3. The number of carbonyl (C=O) groups excluding carboxylic acids is 1. The fourth-order valence-corrected chi connectivity index (χ4v) is 4.78. The number of likely N-dealkylation sites (N-methyl/N-ethyl adjacent to an activating group) is 1. The van der Waals surface area contributed by atoms with Crippen molar-refractivity contribution in [1.29, 1.82) is 0 Å². The van der Waals surface area contributed by atoms with E-state index in [9.17, 15) is 4.79 Å². The van der Waals surface area contributed by atoms with E-state index < -0.39 is 0 Å². The van der Waals surface area contributed by atoms with Gasteiger partial charge in [0.2, 0.25) is 0 Å². The average molecular weight is 508 g/mol. The Morgan fingerprint density at radius 2 is 1.87 bits per heavy atom. The Labute approximate surface area is 194 Å². The van der Waals surface area contributed by atoms with Crippen LogP contribution in [-0.2, 0) is 4.79 Å². The smallest absolute Gasteiger partial charge is 0.266 e. The second kappa shape index (κ2) is 10.3. The molecule has 5 nitrogen and oxygen atoms in total. The lowest BCUT2D eigenvalue weighted by atomic mass is 10.2. The summed E-state index contributed by atoms with van der Waals surface area (Å²) in [6.45, 7) is 5.26. The van der Waals surface area contributed by atoms with Crippen molar-refractivity contribution in [2.45, 2.75) is 13.8 Å². The van der Waals surface area contributed by atoms with Crippen molar-refractivity contribution in [3.8, 4) is 17.2 Å². The molecule has 1 aliphatic heterocycles. The quantitative estimate of drug-likeness (QED) is 0.269. The normalized spacial score (nSPS) is 15.1. The fourth-order valence-electron chi connectivity index (χ4n) is 2.82. The number of rotatable bonds is 8. The second-order valence-electron chi connectivity index (χ2n) is 6.47. The van der Waals surface area contributed by atoms with E-state index in [2.05, 4.69) is 15.9 Å². The minimum Gasteiger partial charge on any atom is -0.493 e. The first-order chi connectivity index (χ1) is 14.4. The van der Waals surface area contributed by atoms with Crippen LogP contribution in [0, 0.1) is 6.92 Å². The van der Waals surface area contributed by atoms with E-state index in [-0.39, 0.29) is 5.91 Å². The molecule has 158 valence electrons. The molecule has 3 rings (SSSR count). The third kappa shape index (κ3) is 5.36. The van der Waals surface area contributed by atoms with Gasteiger partial charge in [0, 0.05) is 6.54 Å². The van der Waals surface area contributed by atoms with Crippen molar-refractivity contribution in [3.05, 3.63) is 56.9 Å². The van der Waals surface area contributed by atoms with Crippen LogP contribution in [0.1, 0.15) is 18.1 Å². The predicted molar refractivity (Wildman–Crippen MR) is 128 cm³/mol. The van der Waals surface area contributed by atoms with Gasteiger partial charge in [-0.2, -0.15) is 0 Å². The van der Waals surface area contributed by atoms with E-state index in [1.807, 2.05) is 56.3 Å². The summed E-state index contributed by atoms with van der Waals surface area (Å²) >= 11 is 10.1. The molecule has 0 unspecified atom stereocenters. The standard InChI is InChI=1S/C22H22BrNO4S2/c1-4-24-21(25)19(30-22(24)29)13-15-11-17(23)20(18(12-15)26-3)28-10-9-27-16-7-5-14(2)6-8-16/h5-8,11-13H,4,9-10H2,1-3H3/b19-13-. The van der Waals surface area contributed by atoms with Gasteiger partial charge in [0.1, 0.15) is 23.3 Å². The molecule has 1 heterocycles. The van der Waals surface area contributed by atoms with Crippen LogP contribution in [0.5, 0.6) is 17.2 Å². The zero-order chi connectivity index (χ0) is 21.7. The third-order valence-corrected chi connectivity index (χ3v) is 6.33. The molecular formula is C22H22BrNO4S2. The minimum atomic E-state index is -0.0730. The molecule has 0 spiro atoms. The summed E-state index contributed by atoms with van der Waals surface area (Å²) in [6, 6.07) is 11.6. The molecule has 0 bridgehead atoms. The van der Waals surface area contributed by atoms with E-state index in [1.54, 1.807) is 12.0 Å². The van der Waals surface area contributed by atoms with Crippen molar-refractivity contribution < 1.29 is 19.0 Å². The first kappa shape index (κ1) is 22.7. The van der Waals surface area contributed by atoms with E-state index in [0.29, 0.717) is 40.5 Å². The number of halogens is 1. The van der Waals surface area contributed by atoms with E-state index >= 15 is 0 Å². The molecule has 0 saturated carbocycles. The lowest BCUT2D eigenvalue weighted by molar-refractivity contribution is -0.121. The van der Waals surface area contributed by atoms with Crippen molar-refractivity contribution in [2.75, 3.05) is 26.9 Å². The van der Waals surface area contributed by atoms with Gasteiger partial charge in [-0.1, -0.05) is 41.7 Å². The number of benzene rings is 2. The van der Waals surface area contributed by atoms with Gasteiger partial charge < -0.3 is 14.2 Å². The lowest BCUT2D eigenvalue weighted by Gasteiger charge is -2.14. The van der Waals surface area contributed by atoms with Gasteiger partial charge in [-0.25, -0.2) is 0 Å². The number of hydrogen-bond acceptors (Lipinski definition) is 6. The molecule has 0 aliphatic carbocycles. The van der Waals surface area contributed by atoms with E-state index in [0.717, 1.165) is 15.8 Å². The molecule has 1 aliphatic rings. The number of thiocarbonyl (C=S) groups is 1. The summed E-state index contributed by atoms with van der Waals surface area (Å²) in [5, 5.41) is 0. The number of carbonyl (C=O) groups is 1. The number of aryl methyl sites for hydroxylation is 1. The molecular weight excluding hydrogens is 486 g/mol. The zero-order valence-corrected chi connectivity index (χ0v) is 20.2. The van der Waals surface area contributed by atoms with E-state index in [4.69, 9.17) is 26.4 Å². The number of methoxy groups -OCH3 is 1. The van der Waals surface area contributed by atoms with Gasteiger partial charge in [0.05, 0.1) is 16.5 Å².